The minimum atomic E-state index is -0.243. The SMILES string of the molecule is Cc1nn(-c2ccccc2)c(C)c1CNC(=O)c1ccn(COc2ccc(-c3ccccc3)cc2)n1. The van der Waals surface area contributed by atoms with Gasteiger partial charge in [0.2, 0.25) is 0 Å². The molecule has 5 rings (SSSR count). The number of amides is 1. The first-order valence-corrected chi connectivity index (χ1v) is 11.8. The van der Waals surface area contributed by atoms with Gasteiger partial charge >= 0.3 is 0 Å². The molecule has 1 amide bonds. The van der Waals surface area contributed by atoms with E-state index >= 15 is 0 Å². The molecule has 0 spiro atoms. The molecule has 2 heterocycles. The topological polar surface area (TPSA) is 74.0 Å². The summed E-state index contributed by atoms with van der Waals surface area (Å²) in [5.74, 6) is 0.491. The van der Waals surface area contributed by atoms with Gasteiger partial charge in [0.15, 0.2) is 6.73 Å². The number of benzene rings is 3. The number of hydrogen-bond acceptors (Lipinski definition) is 4. The number of nitrogens with zero attached hydrogens (tertiary/aromatic N) is 4. The zero-order chi connectivity index (χ0) is 24.9. The monoisotopic (exact) mass is 477 g/mol. The normalized spacial score (nSPS) is 10.8. The molecule has 0 saturated carbocycles. The summed E-state index contributed by atoms with van der Waals surface area (Å²) in [7, 11) is 0. The minimum absolute atomic E-state index is 0.208. The van der Waals surface area contributed by atoms with Crippen molar-refractivity contribution in [2.75, 3.05) is 0 Å². The molecule has 0 atom stereocenters. The highest BCUT2D eigenvalue weighted by atomic mass is 16.5. The van der Waals surface area contributed by atoms with Crippen molar-refractivity contribution < 1.29 is 9.53 Å². The predicted molar refractivity (Wildman–Crippen MR) is 139 cm³/mol. The fraction of sp³-hybridized carbons (Fsp3) is 0.138. The van der Waals surface area contributed by atoms with Gasteiger partial charge in [0, 0.05) is 24.0 Å². The lowest BCUT2D eigenvalue weighted by atomic mass is 10.1. The molecule has 2 aromatic heterocycles. The number of aryl methyl sites for hydroxylation is 1. The number of rotatable bonds is 8. The maximum absolute atomic E-state index is 12.7. The Morgan fingerprint density at radius 2 is 1.50 bits per heavy atom. The van der Waals surface area contributed by atoms with E-state index in [-0.39, 0.29) is 12.6 Å². The molecule has 5 aromatic rings. The second-order valence-electron chi connectivity index (χ2n) is 8.48. The maximum Gasteiger partial charge on any atom is 0.272 e. The number of carbonyl (C=O) groups is 1. The van der Waals surface area contributed by atoms with E-state index in [9.17, 15) is 4.79 Å². The highest BCUT2D eigenvalue weighted by molar-refractivity contribution is 5.92. The second kappa shape index (κ2) is 10.3. The quantitative estimate of drug-likeness (QED) is 0.328. The lowest BCUT2D eigenvalue weighted by molar-refractivity contribution is 0.0943. The van der Waals surface area contributed by atoms with E-state index in [2.05, 4.69) is 27.6 Å². The van der Waals surface area contributed by atoms with E-state index in [0.29, 0.717) is 12.2 Å². The number of aromatic nitrogens is 4. The Morgan fingerprint density at radius 1 is 0.833 bits per heavy atom. The molecular formula is C29H27N5O2. The third-order valence-corrected chi connectivity index (χ3v) is 6.07. The average Bonchev–Trinajstić information content (AvgIpc) is 3.51. The third-order valence-electron chi connectivity index (χ3n) is 6.07. The number of ether oxygens (including phenoxy) is 1. The van der Waals surface area contributed by atoms with E-state index in [1.54, 1.807) is 16.9 Å². The van der Waals surface area contributed by atoms with Gasteiger partial charge in [-0.05, 0) is 55.3 Å². The van der Waals surface area contributed by atoms with Crippen LogP contribution in [-0.4, -0.2) is 25.5 Å². The molecular weight excluding hydrogens is 450 g/mol. The Morgan fingerprint density at radius 3 is 2.22 bits per heavy atom. The van der Waals surface area contributed by atoms with Crippen LogP contribution in [0, 0.1) is 13.8 Å². The Labute approximate surface area is 210 Å². The molecule has 0 fully saturated rings. The zero-order valence-corrected chi connectivity index (χ0v) is 20.3. The van der Waals surface area contributed by atoms with Gasteiger partial charge in [-0.25, -0.2) is 9.36 Å². The van der Waals surface area contributed by atoms with E-state index < -0.39 is 0 Å². The fourth-order valence-corrected chi connectivity index (χ4v) is 4.08. The van der Waals surface area contributed by atoms with Crippen LogP contribution in [-0.2, 0) is 13.3 Å². The summed E-state index contributed by atoms with van der Waals surface area (Å²) < 4.78 is 9.34. The molecule has 0 aliphatic heterocycles. The smallest absolute Gasteiger partial charge is 0.272 e. The Kier molecular flexibility index (Phi) is 6.62. The van der Waals surface area contributed by atoms with E-state index in [1.165, 1.54) is 0 Å². The van der Waals surface area contributed by atoms with Crippen molar-refractivity contribution in [3.8, 4) is 22.6 Å². The molecule has 7 heteroatoms. The lowest BCUT2D eigenvalue weighted by Crippen LogP contribution is -2.24. The molecule has 180 valence electrons. The number of nitrogens with one attached hydrogen (secondary N) is 1. The van der Waals surface area contributed by atoms with Gasteiger partial charge in [-0.3, -0.25) is 4.79 Å². The van der Waals surface area contributed by atoms with Crippen LogP contribution in [0.15, 0.2) is 97.2 Å². The van der Waals surface area contributed by atoms with Gasteiger partial charge in [0.25, 0.3) is 5.91 Å². The molecule has 7 nitrogen and oxygen atoms in total. The first-order valence-electron chi connectivity index (χ1n) is 11.8. The summed E-state index contributed by atoms with van der Waals surface area (Å²) in [5, 5.41) is 12.0. The number of para-hydroxylation sites is 1. The lowest BCUT2D eigenvalue weighted by Gasteiger charge is -2.08. The number of hydrogen-bond donors (Lipinski definition) is 1. The summed E-state index contributed by atoms with van der Waals surface area (Å²) in [6.07, 6.45) is 1.73. The van der Waals surface area contributed by atoms with Gasteiger partial charge < -0.3 is 10.1 Å². The predicted octanol–water partition coefficient (Wildman–Crippen LogP) is 5.32. The molecule has 0 radical (unpaired) electrons. The molecule has 0 saturated heterocycles. The summed E-state index contributed by atoms with van der Waals surface area (Å²) in [5.41, 5.74) is 6.48. The molecule has 0 unspecified atom stereocenters. The summed E-state index contributed by atoms with van der Waals surface area (Å²) in [4.78, 5) is 12.7. The highest BCUT2D eigenvalue weighted by Gasteiger charge is 2.15. The van der Waals surface area contributed by atoms with Crippen LogP contribution < -0.4 is 10.1 Å². The molecule has 0 aliphatic carbocycles. The first-order chi connectivity index (χ1) is 17.6. The van der Waals surface area contributed by atoms with Crippen molar-refractivity contribution in [3.05, 3.63) is 120 Å². The highest BCUT2D eigenvalue weighted by Crippen LogP contribution is 2.22. The molecule has 0 aliphatic rings. The first kappa shape index (κ1) is 23.1. The summed E-state index contributed by atoms with van der Waals surface area (Å²) in [6.45, 7) is 4.54. The molecule has 0 bridgehead atoms. The van der Waals surface area contributed by atoms with Crippen molar-refractivity contribution >= 4 is 5.91 Å². The summed E-state index contributed by atoms with van der Waals surface area (Å²) in [6, 6.07) is 29.7. The Hall–Kier alpha value is -4.65. The fourth-order valence-electron chi connectivity index (χ4n) is 4.08. The van der Waals surface area contributed by atoms with Crippen LogP contribution in [0.1, 0.15) is 27.4 Å². The number of carbonyl (C=O) groups excluding carboxylic acids is 1. The van der Waals surface area contributed by atoms with Crippen LogP contribution in [0.3, 0.4) is 0 Å². The maximum atomic E-state index is 12.7. The van der Waals surface area contributed by atoms with Gasteiger partial charge in [0.1, 0.15) is 11.4 Å². The third kappa shape index (κ3) is 5.05. The molecule has 3 aromatic carbocycles. The van der Waals surface area contributed by atoms with Gasteiger partial charge in [-0.15, -0.1) is 0 Å². The molecule has 1 N–H and O–H groups in total. The Balaban J connectivity index is 1.17. The van der Waals surface area contributed by atoms with Crippen LogP contribution >= 0.6 is 0 Å². The standard InChI is InChI=1S/C29H27N5O2/c1-21-27(22(2)34(31-21)25-11-7-4-8-12-25)19-30-29(35)28-17-18-33(32-28)20-36-26-15-13-24(14-16-26)23-9-5-3-6-10-23/h3-18H,19-20H2,1-2H3,(H,30,35). The van der Waals surface area contributed by atoms with Crippen LogP contribution in [0.5, 0.6) is 5.75 Å². The van der Waals surface area contributed by atoms with Gasteiger partial charge in [0.05, 0.1) is 11.4 Å². The van der Waals surface area contributed by atoms with E-state index in [0.717, 1.165) is 39.5 Å². The van der Waals surface area contributed by atoms with Crippen molar-refractivity contribution in [1.82, 2.24) is 24.9 Å². The van der Waals surface area contributed by atoms with Gasteiger partial charge in [-0.2, -0.15) is 10.2 Å². The van der Waals surface area contributed by atoms with Crippen LogP contribution in [0.25, 0.3) is 16.8 Å². The van der Waals surface area contributed by atoms with Crippen LogP contribution in [0.2, 0.25) is 0 Å². The van der Waals surface area contributed by atoms with Crippen molar-refractivity contribution in [2.24, 2.45) is 0 Å². The van der Waals surface area contributed by atoms with E-state index in [4.69, 9.17) is 4.74 Å². The Bertz CT molecular complexity index is 1460. The average molecular weight is 478 g/mol. The van der Waals surface area contributed by atoms with Crippen LogP contribution in [0.4, 0.5) is 0 Å². The van der Waals surface area contributed by atoms with Crippen molar-refractivity contribution in [2.45, 2.75) is 27.1 Å². The van der Waals surface area contributed by atoms with Crippen molar-refractivity contribution in [1.29, 1.82) is 0 Å². The van der Waals surface area contributed by atoms with Crippen molar-refractivity contribution in [3.63, 3.8) is 0 Å². The van der Waals surface area contributed by atoms with Gasteiger partial charge in [-0.1, -0.05) is 60.7 Å². The zero-order valence-electron chi connectivity index (χ0n) is 20.3. The minimum Gasteiger partial charge on any atom is -0.471 e. The largest absolute Gasteiger partial charge is 0.471 e. The second-order valence-corrected chi connectivity index (χ2v) is 8.48. The van der Waals surface area contributed by atoms with E-state index in [1.807, 2.05) is 91.3 Å². The summed E-state index contributed by atoms with van der Waals surface area (Å²) >= 11 is 0. The molecule has 36 heavy (non-hydrogen) atoms.